The van der Waals surface area contributed by atoms with Crippen molar-refractivity contribution in [2.75, 3.05) is 32.8 Å². The van der Waals surface area contributed by atoms with Crippen molar-refractivity contribution < 1.29 is 9.53 Å². The maximum atomic E-state index is 12.1. The van der Waals surface area contributed by atoms with E-state index < -0.39 is 0 Å². The van der Waals surface area contributed by atoms with Crippen molar-refractivity contribution in [3.63, 3.8) is 0 Å². The Hall–Kier alpha value is -1.47. The summed E-state index contributed by atoms with van der Waals surface area (Å²) in [5.41, 5.74) is 0. The van der Waals surface area contributed by atoms with Crippen molar-refractivity contribution in [1.82, 2.24) is 25.0 Å². The lowest BCUT2D eigenvalue weighted by molar-refractivity contribution is -0.125. The number of nitrogens with zero attached hydrogens (tertiary/aromatic N) is 4. The van der Waals surface area contributed by atoms with Crippen LogP contribution >= 0.6 is 0 Å². The van der Waals surface area contributed by atoms with Crippen molar-refractivity contribution >= 4 is 5.91 Å². The van der Waals surface area contributed by atoms with Crippen LogP contribution in [-0.2, 0) is 9.53 Å². The molecule has 1 amide bonds. The van der Waals surface area contributed by atoms with E-state index in [0.29, 0.717) is 12.5 Å². The molecule has 1 saturated heterocycles. The quantitative estimate of drug-likeness (QED) is 0.818. The van der Waals surface area contributed by atoms with Gasteiger partial charge in [0.05, 0.1) is 12.7 Å². The number of carbonyl (C=O) groups excluding carboxylic acids is 1. The first kappa shape index (κ1) is 15.9. The standard InChI is InChI=1S/C14H25N5O2/c1-11(2)7-18-4-5-21-13(8-18)6-16-14(20)12(3)19-10-15-9-17-19/h9-13H,4-8H2,1-3H3,(H,16,20)/t12-,13-/m1/s1. The maximum absolute atomic E-state index is 12.1. The first-order chi connectivity index (χ1) is 10.1. The van der Waals surface area contributed by atoms with Gasteiger partial charge in [-0.3, -0.25) is 9.69 Å². The Morgan fingerprint density at radius 3 is 2.95 bits per heavy atom. The second kappa shape index (κ2) is 7.51. The van der Waals surface area contributed by atoms with Crippen LogP contribution in [0.1, 0.15) is 26.8 Å². The number of ether oxygens (including phenoxy) is 1. The molecule has 1 aromatic rings. The lowest BCUT2D eigenvalue weighted by Crippen LogP contribution is -2.49. The average Bonchev–Trinajstić information content (AvgIpc) is 2.97. The SMILES string of the molecule is CC(C)CN1CCO[C@H](CNC(=O)[C@@H](C)n2cncn2)C1. The highest BCUT2D eigenvalue weighted by Crippen LogP contribution is 2.08. The van der Waals surface area contributed by atoms with Gasteiger partial charge in [-0.15, -0.1) is 0 Å². The van der Waals surface area contributed by atoms with Gasteiger partial charge >= 0.3 is 0 Å². The number of aromatic nitrogens is 3. The van der Waals surface area contributed by atoms with Gasteiger partial charge in [0.1, 0.15) is 18.7 Å². The van der Waals surface area contributed by atoms with Crippen LogP contribution in [0.4, 0.5) is 0 Å². The monoisotopic (exact) mass is 295 g/mol. The fourth-order valence-corrected chi connectivity index (χ4v) is 2.49. The van der Waals surface area contributed by atoms with E-state index in [1.54, 1.807) is 17.9 Å². The second-order valence-corrected chi connectivity index (χ2v) is 5.94. The molecule has 1 aliphatic heterocycles. The molecule has 1 aromatic heterocycles. The van der Waals surface area contributed by atoms with Gasteiger partial charge in [-0.2, -0.15) is 5.10 Å². The molecule has 0 saturated carbocycles. The highest BCUT2D eigenvalue weighted by Gasteiger charge is 2.22. The van der Waals surface area contributed by atoms with Crippen LogP contribution in [0.2, 0.25) is 0 Å². The van der Waals surface area contributed by atoms with E-state index in [9.17, 15) is 4.79 Å². The van der Waals surface area contributed by atoms with Gasteiger partial charge in [0.2, 0.25) is 5.91 Å². The Morgan fingerprint density at radius 1 is 1.48 bits per heavy atom. The van der Waals surface area contributed by atoms with Gasteiger partial charge in [-0.1, -0.05) is 13.8 Å². The first-order valence-corrected chi connectivity index (χ1v) is 7.52. The van der Waals surface area contributed by atoms with Crippen LogP contribution in [0.3, 0.4) is 0 Å². The third kappa shape index (κ3) is 4.78. The van der Waals surface area contributed by atoms with E-state index in [-0.39, 0.29) is 18.1 Å². The van der Waals surface area contributed by atoms with E-state index in [1.165, 1.54) is 6.33 Å². The molecule has 2 atom stereocenters. The van der Waals surface area contributed by atoms with Crippen molar-refractivity contribution in [2.24, 2.45) is 5.92 Å². The fourth-order valence-electron chi connectivity index (χ4n) is 2.49. The Kier molecular flexibility index (Phi) is 5.69. The van der Waals surface area contributed by atoms with Crippen LogP contribution < -0.4 is 5.32 Å². The summed E-state index contributed by atoms with van der Waals surface area (Å²) in [5, 5.41) is 6.92. The first-order valence-electron chi connectivity index (χ1n) is 7.52. The summed E-state index contributed by atoms with van der Waals surface area (Å²) in [5.74, 6) is 0.579. The van der Waals surface area contributed by atoms with Crippen molar-refractivity contribution in [1.29, 1.82) is 0 Å². The van der Waals surface area contributed by atoms with E-state index in [1.807, 2.05) is 0 Å². The molecule has 1 aliphatic rings. The molecule has 21 heavy (non-hydrogen) atoms. The fraction of sp³-hybridized carbons (Fsp3) is 0.786. The Labute approximate surface area is 125 Å². The lowest BCUT2D eigenvalue weighted by atomic mass is 10.2. The average molecular weight is 295 g/mol. The zero-order valence-corrected chi connectivity index (χ0v) is 13.0. The highest BCUT2D eigenvalue weighted by atomic mass is 16.5. The van der Waals surface area contributed by atoms with Crippen molar-refractivity contribution in [3.05, 3.63) is 12.7 Å². The molecule has 0 bridgehead atoms. The molecule has 118 valence electrons. The minimum Gasteiger partial charge on any atom is -0.374 e. The molecular weight excluding hydrogens is 270 g/mol. The summed E-state index contributed by atoms with van der Waals surface area (Å²) in [6.07, 6.45) is 3.04. The molecule has 0 aromatic carbocycles. The van der Waals surface area contributed by atoms with Crippen LogP contribution in [-0.4, -0.2) is 64.5 Å². The molecule has 0 aliphatic carbocycles. The number of carbonyl (C=O) groups is 1. The van der Waals surface area contributed by atoms with Gasteiger partial charge in [0.15, 0.2) is 0 Å². The largest absolute Gasteiger partial charge is 0.374 e. The lowest BCUT2D eigenvalue weighted by Gasteiger charge is -2.34. The van der Waals surface area contributed by atoms with Gasteiger partial charge < -0.3 is 10.1 Å². The zero-order valence-electron chi connectivity index (χ0n) is 13.0. The summed E-state index contributed by atoms with van der Waals surface area (Å²) < 4.78 is 7.26. The van der Waals surface area contributed by atoms with Gasteiger partial charge in [0.25, 0.3) is 0 Å². The number of hydrogen-bond acceptors (Lipinski definition) is 5. The topological polar surface area (TPSA) is 72.3 Å². The smallest absolute Gasteiger partial charge is 0.244 e. The highest BCUT2D eigenvalue weighted by molar-refractivity contribution is 5.79. The summed E-state index contributed by atoms with van der Waals surface area (Å²) in [6, 6.07) is -0.358. The molecule has 1 fully saturated rings. The zero-order chi connectivity index (χ0) is 15.2. The molecule has 0 spiro atoms. The maximum Gasteiger partial charge on any atom is 0.244 e. The van der Waals surface area contributed by atoms with E-state index in [4.69, 9.17) is 4.74 Å². The summed E-state index contributed by atoms with van der Waals surface area (Å²) in [4.78, 5) is 18.3. The summed E-state index contributed by atoms with van der Waals surface area (Å²) in [6.45, 7) is 10.4. The van der Waals surface area contributed by atoms with E-state index >= 15 is 0 Å². The number of amides is 1. The predicted octanol–water partition coefficient (Wildman–Crippen LogP) is 0.312. The minimum absolute atomic E-state index is 0.0596. The number of rotatable bonds is 6. The van der Waals surface area contributed by atoms with E-state index in [0.717, 1.165) is 26.2 Å². The van der Waals surface area contributed by atoms with E-state index in [2.05, 4.69) is 34.1 Å². The van der Waals surface area contributed by atoms with Crippen LogP contribution in [0.15, 0.2) is 12.7 Å². The molecule has 0 unspecified atom stereocenters. The van der Waals surface area contributed by atoms with Crippen LogP contribution in [0, 0.1) is 5.92 Å². The number of morpholine rings is 1. The van der Waals surface area contributed by atoms with Gasteiger partial charge in [-0.05, 0) is 12.8 Å². The third-order valence-electron chi connectivity index (χ3n) is 3.56. The molecule has 7 heteroatoms. The summed E-state index contributed by atoms with van der Waals surface area (Å²) >= 11 is 0. The van der Waals surface area contributed by atoms with Gasteiger partial charge in [-0.25, -0.2) is 9.67 Å². The predicted molar refractivity (Wildman–Crippen MR) is 78.8 cm³/mol. The summed E-state index contributed by atoms with van der Waals surface area (Å²) in [7, 11) is 0. The minimum atomic E-state index is -0.358. The molecule has 2 heterocycles. The molecule has 7 nitrogen and oxygen atoms in total. The van der Waals surface area contributed by atoms with Crippen LogP contribution in [0.5, 0.6) is 0 Å². The second-order valence-electron chi connectivity index (χ2n) is 5.94. The van der Waals surface area contributed by atoms with Crippen molar-refractivity contribution in [2.45, 2.75) is 32.9 Å². The molecular formula is C14H25N5O2. The Bertz CT molecular complexity index is 435. The molecule has 1 N–H and O–H groups in total. The van der Waals surface area contributed by atoms with Crippen molar-refractivity contribution in [3.8, 4) is 0 Å². The molecule has 0 radical (unpaired) electrons. The number of hydrogen-bond donors (Lipinski definition) is 1. The van der Waals surface area contributed by atoms with Crippen LogP contribution in [0.25, 0.3) is 0 Å². The molecule has 2 rings (SSSR count). The Balaban J connectivity index is 1.75. The third-order valence-corrected chi connectivity index (χ3v) is 3.56. The normalized spacial score (nSPS) is 21.4. The number of nitrogens with one attached hydrogen (secondary N) is 1. The van der Waals surface area contributed by atoms with Gasteiger partial charge in [0, 0.05) is 26.2 Å². The Morgan fingerprint density at radius 2 is 2.29 bits per heavy atom.